The summed E-state index contributed by atoms with van der Waals surface area (Å²) in [6.45, 7) is 4.79. The van der Waals surface area contributed by atoms with Crippen molar-refractivity contribution in [3.05, 3.63) is 30.1 Å². The first-order valence-electron chi connectivity index (χ1n) is 9.96. The molecule has 0 aromatic carbocycles. The highest BCUT2D eigenvalue weighted by Crippen LogP contribution is 2.28. The molecular weight excluding hydrogens is 346 g/mol. The minimum absolute atomic E-state index is 0.0520. The molecule has 0 spiro atoms. The van der Waals surface area contributed by atoms with E-state index in [0.29, 0.717) is 32.7 Å². The van der Waals surface area contributed by atoms with Crippen LogP contribution in [-0.2, 0) is 20.8 Å². The van der Waals surface area contributed by atoms with Crippen LogP contribution in [0.4, 0.5) is 0 Å². The fourth-order valence-corrected chi connectivity index (χ4v) is 3.89. The summed E-state index contributed by atoms with van der Waals surface area (Å²) in [4.78, 5) is 18.4. The van der Waals surface area contributed by atoms with Crippen molar-refractivity contribution in [2.75, 3.05) is 26.3 Å². The van der Waals surface area contributed by atoms with Crippen molar-refractivity contribution in [3.8, 4) is 0 Å². The Labute approximate surface area is 161 Å². The van der Waals surface area contributed by atoms with Crippen molar-refractivity contribution in [2.24, 2.45) is 0 Å². The number of fused-ring (bicyclic) bond motifs is 1. The Bertz CT molecular complexity index is 586. The molecule has 4 atom stereocenters. The van der Waals surface area contributed by atoms with Gasteiger partial charge < -0.3 is 19.9 Å². The molecule has 1 aromatic rings. The second kappa shape index (κ2) is 10.1. The van der Waals surface area contributed by atoms with Gasteiger partial charge in [-0.1, -0.05) is 6.92 Å². The number of rotatable bonds is 6. The van der Waals surface area contributed by atoms with Gasteiger partial charge in [0.05, 0.1) is 37.9 Å². The van der Waals surface area contributed by atoms with Crippen LogP contribution in [0, 0.1) is 0 Å². The van der Waals surface area contributed by atoms with E-state index in [1.807, 2.05) is 19.1 Å². The number of nitrogens with one attached hydrogen (secondary N) is 1. The zero-order valence-corrected chi connectivity index (χ0v) is 16.0. The molecule has 0 radical (unpaired) electrons. The Kier molecular flexibility index (Phi) is 7.58. The Morgan fingerprint density at radius 1 is 1.33 bits per heavy atom. The maximum Gasteiger partial charge on any atom is 0.222 e. The molecule has 2 aliphatic rings. The quantitative estimate of drug-likeness (QED) is 0.773. The Morgan fingerprint density at radius 3 is 2.93 bits per heavy atom. The van der Waals surface area contributed by atoms with E-state index >= 15 is 0 Å². The third kappa shape index (κ3) is 5.97. The largest absolute Gasteiger partial charge is 0.389 e. The normalized spacial score (nSPS) is 29.4. The van der Waals surface area contributed by atoms with Gasteiger partial charge in [-0.15, -0.1) is 0 Å². The van der Waals surface area contributed by atoms with Gasteiger partial charge in [0.2, 0.25) is 5.91 Å². The summed E-state index contributed by atoms with van der Waals surface area (Å²) < 4.78 is 11.9. The maximum absolute atomic E-state index is 12.0. The smallest absolute Gasteiger partial charge is 0.222 e. The van der Waals surface area contributed by atoms with Crippen molar-refractivity contribution < 1.29 is 19.4 Å². The highest BCUT2D eigenvalue weighted by atomic mass is 16.5. The summed E-state index contributed by atoms with van der Waals surface area (Å²) >= 11 is 0. The summed E-state index contributed by atoms with van der Waals surface area (Å²) in [5, 5.41) is 13.2. The summed E-state index contributed by atoms with van der Waals surface area (Å²) in [6, 6.07) is 4.17. The lowest BCUT2D eigenvalue weighted by Crippen LogP contribution is -2.55. The molecule has 3 rings (SSSR count). The second-order valence-electron chi connectivity index (χ2n) is 7.47. The van der Waals surface area contributed by atoms with Gasteiger partial charge in [0.1, 0.15) is 0 Å². The van der Waals surface area contributed by atoms with Crippen LogP contribution in [0.3, 0.4) is 0 Å². The van der Waals surface area contributed by atoms with Gasteiger partial charge in [0.15, 0.2) is 0 Å². The molecule has 150 valence electrons. The van der Waals surface area contributed by atoms with Gasteiger partial charge >= 0.3 is 0 Å². The van der Waals surface area contributed by atoms with Gasteiger partial charge in [0, 0.05) is 38.1 Å². The predicted octanol–water partition coefficient (Wildman–Crippen LogP) is 1.11. The van der Waals surface area contributed by atoms with Crippen molar-refractivity contribution in [2.45, 2.75) is 63.5 Å². The zero-order chi connectivity index (χ0) is 19.1. The molecule has 7 nitrogen and oxygen atoms in total. The number of nitrogens with zero attached hydrogens (tertiary/aromatic N) is 2. The Morgan fingerprint density at radius 2 is 2.15 bits per heavy atom. The van der Waals surface area contributed by atoms with Crippen molar-refractivity contribution in [1.82, 2.24) is 15.2 Å². The number of ether oxygens (including phenoxy) is 2. The molecule has 27 heavy (non-hydrogen) atoms. The number of carbonyl (C=O) groups excluding carboxylic acids is 1. The van der Waals surface area contributed by atoms with Crippen LogP contribution in [0.2, 0.25) is 0 Å². The third-order valence-electron chi connectivity index (χ3n) is 5.21. The maximum atomic E-state index is 12.0. The predicted molar refractivity (Wildman–Crippen MR) is 101 cm³/mol. The van der Waals surface area contributed by atoms with Crippen LogP contribution in [0.15, 0.2) is 24.5 Å². The highest BCUT2D eigenvalue weighted by Gasteiger charge is 2.37. The minimum Gasteiger partial charge on any atom is -0.389 e. The van der Waals surface area contributed by atoms with Gasteiger partial charge in [-0.05, 0) is 37.0 Å². The first-order chi connectivity index (χ1) is 13.2. The number of aromatic nitrogens is 1. The minimum atomic E-state index is -0.509. The molecule has 0 saturated carbocycles. The molecule has 2 aliphatic heterocycles. The molecule has 2 N–H and O–H groups in total. The molecule has 2 saturated heterocycles. The summed E-state index contributed by atoms with van der Waals surface area (Å²) in [7, 11) is 0. The third-order valence-corrected chi connectivity index (χ3v) is 5.21. The number of amides is 1. The molecule has 7 heteroatoms. The number of aliphatic hydroxyl groups is 1. The van der Waals surface area contributed by atoms with E-state index < -0.39 is 6.10 Å². The average Bonchev–Trinajstić information content (AvgIpc) is 2.66. The Hall–Kier alpha value is -1.54. The van der Waals surface area contributed by atoms with E-state index in [4.69, 9.17) is 9.47 Å². The lowest BCUT2D eigenvalue weighted by atomic mass is 9.94. The van der Waals surface area contributed by atoms with Crippen LogP contribution in [0.1, 0.15) is 38.2 Å². The van der Waals surface area contributed by atoms with E-state index in [1.54, 1.807) is 12.4 Å². The summed E-state index contributed by atoms with van der Waals surface area (Å²) in [6.07, 6.45) is 6.01. The SMILES string of the molecule is CCCNC(=O)C[C@H]1CC[C@H]2[C@@H](COC[C@@H](O)CN2Cc2ccncc2)O1. The highest BCUT2D eigenvalue weighted by molar-refractivity contribution is 5.76. The molecule has 0 bridgehead atoms. The fraction of sp³-hybridized carbons (Fsp3) is 0.700. The first-order valence-corrected chi connectivity index (χ1v) is 9.96. The number of aliphatic hydroxyl groups excluding tert-OH is 1. The van der Waals surface area contributed by atoms with E-state index in [9.17, 15) is 9.90 Å². The van der Waals surface area contributed by atoms with Gasteiger partial charge in [-0.3, -0.25) is 14.7 Å². The summed E-state index contributed by atoms with van der Waals surface area (Å²) in [5.41, 5.74) is 1.17. The summed E-state index contributed by atoms with van der Waals surface area (Å²) in [5.74, 6) is 0.0520. The van der Waals surface area contributed by atoms with Gasteiger partial charge in [-0.25, -0.2) is 0 Å². The number of carbonyl (C=O) groups is 1. The van der Waals surface area contributed by atoms with Gasteiger partial charge in [0.25, 0.3) is 0 Å². The van der Waals surface area contributed by atoms with Crippen molar-refractivity contribution in [1.29, 1.82) is 0 Å². The standard InChI is InChI=1S/C20H31N3O4/c1-2-7-22-20(25)10-17-3-4-18-19(27-17)14-26-13-16(24)12-23(18)11-15-5-8-21-9-6-15/h5-6,8-9,16-19,24H,2-4,7,10-14H2,1H3,(H,22,25)/t16-,17+,18-,19+/m0/s1. The van der Waals surface area contributed by atoms with Crippen LogP contribution >= 0.6 is 0 Å². The van der Waals surface area contributed by atoms with E-state index in [2.05, 4.69) is 15.2 Å². The molecule has 3 heterocycles. The van der Waals surface area contributed by atoms with E-state index in [1.165, 1.54) is 5.56 Å². The zero-order valence-electron chi connectivity index (χ0n) is 16.0. The van der Waals surface area contributed by atoms with Crippen molar-refractivity contribution in [3.63, 3.8) is 0 Å². The van der Waals surface area contributed by atoms with E-state index in [-0.39, 0.29) is 24.2 Å². The number of β-amino-alcohol motifs (C(OH)–C–C–N with tert-alkyl or cyclic N) is 1. The number of pyridine rings is 1. The number of hydrogen-bond donors (Lipinski definition) is 2. The molecule has 0 aliphatic carbocycles. The Balaban J connectivity index is 1.63. The molecule has 2 fully saturated rings. The molecule has 0 unspecified atom stereocenters. The van der Waals surface area contributed by atoms with Crippen LogP contribution < -0.4 is 5.32 Å². The topological polar surface area (TPSA) is 83.9 Å². The first kappa shape index (κ1) is 20.2. The van der Waals surface area contributed by atoms with Crippen LogP contribution in [0.25, 0.3) is 0 Å². The van der Waals surface area contributed by atoms with E-state index in [0.717, 1.165) is 25.8 Å². The fourth-order valence-electron chi connectivity index (χ4n) is 3.89. The molecule has 1 amide bonds. The van der Waals surface area contributed by atoms with Crippen molar-refractivity contribution >= 4 is 5.91 Å². The number of hydrogen-bond acceptors (Lipinski definition) is 6. The monoisotopic (exact) mass is 377 g/mol. The lowest BCUT2D eigenvalue weighted by Gasteiger charge is -2.44. The molecular formula is C20H31N3O4. The van der Waals surface area contributed by atoms with Gasteiger partial charge in [-0.2, -0.15) is 0 Å². The van der Waals surface area contributed by atoms with Crippen LogP contribution in [-0.4, -0.2) is 71.6 Å². The average molecular weight is 377 g/mol. The second-order valence-corrected chi connectivity index (χ2v) is 7.47. The molecule has 1 aromatic heterocycles. The lowest BCUT2D eigenvalue weighted by molar-refractivity contribution is -0.158. The van der Waals surface area contributed by atoms with Crippen LogP contribution in [0.5, 0.6) is 0 Å².